The summed E-state index contributed by atoms with van der Waals surface area (Å²) in [4.78, 5) is 4.85. The van der Waals surface area contributed by atoms with Gasteiger partial charge in [0.05, 0.1) is 0 Å². The fraction of sp³-hybridized carbons (Fsp3) is 0.0741. The molecule has 0 N–H and O–H groups in total. The van der Waals surface area contributed by atoms with Crippen LogP contribution in [0.15, 0.2) is 76.1 Å². The van der Waals surface area contributed by atoms with Crippen LogP contribution < -0.4 is 27.3 Å². The molecule has 1 radical (unpaired) electrons. The summed E-state index contributed by atoms with van der Waals surface area (Å²) in [6.45, 7) is 4.67. The molecular weight excluding hydrogens is 568 g/mol. The van der Waals surface area contributed by atoms with E-state index in [-0.39, 0.29) is 33.7 Å². The molecule has 2 aliphatic heterocycles. The average Bonchev–Trinajstić information content (AvgIpc) is 3.39. The monoisotopic (exact) mass is 587 g/mol. The molecule has 2 nitrogen and oxygen atoms in total. The van der Waals surface area contributed by atoms with Crippen LogP contribution in [0.5, 0.6) is 0 Å². The quantitative estimate of drug-likeness (QED) is 0.219. The predicted molar refractivity (Wildman–Crippen MR) is 132 cm³/mol. The van der Waals surface area contributed by atoms with Crippen molar-refractivity contribution >= 4 is 69.0 Å². The smallest absolute Gasteiger partial charge is 0.319 e. The van der Waals surface area contributed by atoms with E-state index in [0.717, 1.165) is 11.2 Å². The first kappa shape index (κ1) is 19.8. The summed E-state index contributed by atoms with van der Waals surface area (Å²) in [7, 11) is 0. The van der Waals surface area contributed by atoms with Crippen molar-refractivity contribution in [2.75, 3.05) is 0 Å². The van der Waals surface area contributed by atoms with Gasteiger partial charge in [-0.3, -0.25) is 0 Å². The van der Waals surface area contributed by atoms with Gasteiger partial charge in [-0.25, -0.2) is 0 Å². The molecule has 0 amide bonds. The Bertz CT molecular complexity index is 1590. The van der Waals surface area contributed by atoms with Crippen molar-refractivity contribution in [3.05, 3.63) is 89.5 Å². The topological polar surface area (TPSA) is 25.5 Å². The van der Waals surface area contributed by atoms with Crippen LogP contribution in [0.2, 0.25) is 0 Å². The van der Waals surface area contributed by atoms with Crippen LogP contribution in [-0.2, 0) is 20.1 Å². The van der Waals surface area contributed by atoms with Crippen molar-refractivity contribution in [2.45, 2.75) is 13.8 Å². The zero-order valence-electron chi connectivity index (χ0n) is 17.8. The number of benzene rings is 4. The molecule has 0 aliphatic carbocycles. The van der Waals surface area contributed by atoms with Crippen molar-refractivity contribution in [1.82, 2.24) is 0 Å². The molecule has 3 heterocycles. The molecule has 0 bridgehead atoms. The number of fused-ring (bicyclic) bond motifs is 5. The van der Waals surface area contributed by atoms with Crippen LogP contribution in [0, 0.1) is 19.9 Å². The minimum Gasteiger partial charge on any atom is -0.456 e. The third-order valence-electron chi connectivity index (χ3n) is 7.08. The second kappa shape index (κ2) is 7.07. The molecule has 0 atom stereocenters. The van der Waals surface area contributed by atoms with E-state index in [1.807, 2.05) is 18.3 Å². The van der Waals surface area contributed by atoms with Gasteiger partial charge >= 0.3 is 6.85 Å². The number of aryl methyl sites for hydroxylation is 2. The van der Waals surface area contributed by atoms with E-state index in [9.17, 15) is 0 Å². The molecule has 1 aromatic heterocycles. The Hall–Kier alpha value is -2.87. The van der Waals surface area contributed by atoms with Gasteiger partial charge in [0, 0.05) is 37.1 Å². The molecule has 32 heavy (non-hydrogen) atoms. The minimum atomic E-state index is 0. The van der Waals surface area contributed by atoms with E-state index < -0.39 is 0 Å². The summed E-state index contributed by atoms with van der Waals surface area (Å²) in [5, 5.41) is 2.38. The van der Waals surface area contributed by atoms with E-state index in [2.05, 4.69) is 74.5 Å². The summed E-state index contributed by atoms with van der Waals surface area (Å²) >= 11 is 0. The first-order valence-corrected chi connectivity index (χ1v) is 10.8. The zero-order valence-corrected chi connectivity index (χ0v) is 20.2. The van der Waals surface area contributed by atoms with Gasteiger partial charge in [0.2, 0.25) is 0 Å². The van der Waals surface area contributed by atoms with E-state index in [4.69, 9.17) is 9.32 Å². The van der Waals surface area contributed by atoms with Crippen molar-refractivity contribution in [3.8, 4) is 0 Å². The van der Waals surface area contributed by atoms with Crippen molar-refractivity contribution in [1.29, 1.82) is 0 Å². The van der Waals surface area contributed by atoms with Gasteiger partial charge in [-0.2, -0.15) is 35.2 Å². The van der Waals surface area contributed by atoms with Gasteiger partial charge in [-0.1, -0.05) is 52.9 Å². The van der Waals surface area contributed by atoms with E-state index in [1.54, 1.807) is 0 Å². The second-order valence-electron chi connectivity index (χ2n) is 8.71. The predicted octanol–water partition coefficient (Wildman–Crippen LogP) is 2.37. The normalized spacial score (nSPS) is 13.4. The molecular formula is C27H18B2IrNO-. The van der Waals surface area contributed by atoms with E-state index >= 15 is 0 Å². The largest absolute Gasteiger partial charge is 0.456 e. The Morgan fingerprint density at radius 3 is 2.62 bits per heavy atom. The Labute approximate surface area is 201 Å². The fourth-order valence-electron chi connectivity index (χ4n) is 5.80. The van der Waals surface area contributed by atoms with Crippen LogP contribution in [-0.4, -0.2) is 19.8 Å². The molecule has 5 heteroatoms. The molecule has 0 saturated heterocycles. The van der Waals surface area contributed by atoms with Crippen LogP contribution in [0.1, 0.15) is 16.7 Å². The summed E-state index contributed by atoms with van der Waals surface area (Å²) in [5.41, 5.74) is 12.2. The van der Waals surface area contributed by atoms with Gasteiger partial charge in [0.15, 0.2) is 6.71 Å². The van der Waals surface area contributed by atoms with Gasteiger partial charge in [0.1, 0.15) is 11.2 Å². The fourth-order valence-corrected chi connectivity index (χ4v) is 5.80. The minimum absolute atomic E-state index is 0. The third-order valence-corrected chi connectivity index (χ3v) is 7.08. The maximum Gasteiger partial charge on any atom is 0.319 e. The van der Waals surface area contributed by atoms with Gasteiger partial charge in [-0.15, -0.1) is 0 Å². The van der Waals surface area contributed by atoms with E-state index in [0.29, 0.717) is 0 Å². The Kier molecular flexibility index (Phi) is 4.37. The first-order valence-electron chi connectivity index (χ1n) is 10.8. The standard InChI is InChI=1S/C27H18B2NO.Ir/c1-16-14-20-19-9-3-6-13-24(19)31-27(20)17(2)25(16)28-21-10-4-5-11-22(21)29-26-18(15-30-29)8-7-12-23(26)28;/h3-10,12-15H,1-2H3;/q-1;. The molecule has 153 valence electrons. The molecule has 4 aromatic carbocycles. The van der Waals surface area contributed by atoms with Gasteiger partial charge in [0.25, 0.3) is 0 Å². The number of furan rings is 1. The molecule has 0 saturated carbocycles. The number of rotatable bonds is 1. The Balaban J connectivity index is 0.00000196. The van der Waals surface area contributed by atoms with Crippen molar-refractivity contribution in [3.63, 3.8) is 0 Å². The van der Waals surface area contributed by atoms with Crippen LogP contribution in [0.3, 0.4) is 0 Å². The van der Waals surface area contributed by atoms with Crippen molar-refractivity contribution < 1.29 is 24.5 Å². The number of hydrogen-bond donors (Lipinski definition) is 0. The number of hydrogen-bond acceptors (Lipinski definition) is 2. The van der Waals surface area contributed by atoms with Gasteiger partial charge < -0.3 is 9.32 Å². The van der Waals surface area contributed by atoms with Crippen LogP contribution in [0.25, 0.3) is 21.9 Å². The molecule has 0 unspecified atom stereocenters. The summed E-state index contributed by atoms with van der Waals surface area (Å²) in [6.07, 6.45) is 2.03. The first-order chi connectivity index (χ1) is 15.2. The Morgan fingerprint density at radius 1 is 0.875 bits per heavy atom. The molecule has 0 spiro atoms. The molecule has 0 fully saturated rings. The SMILES string of the molecule is Cc1cc2c(oc3ccccc32)c(C)c1B1c2ccc[c-]c2B2N=Cc3cccc1c32.[Ir]. The summed E-state index contributed by atoms with van der Waals surface area (Å²) in [6, 6.07) is 27.1. The van der Waals surface area contributed by atoms with Crippen LogP contribution >= 0.6 is 0 Å². The average molecular weight is 586 g/mol. The van der Waals surface area contributed by atoms with Crippen LogP contribution in [0.4, 0.5) is 0 Å². The number of para-hydroxylation sites is 1. The maximum atomic E-state index is 6.37. The Morgan fingerprint density at radius 2 is 1.72 bits per heavy atom. The summed E-state index contributed by atoms with van der Waals surface area (Å²) in [5.74, 6) is 0. The molecule has 2 aliphatic rings. The zero-order chi connectivity index (χ0) is 20.7. The third kappa shape index (κ3) is 2.50. The summed E-state index contributed by atoms with van der Waals surface area (Å²) < 4.78 is 6.37. The maximum absolute atomic E-state index is 6.37. The van der Waals surface area contributed by atoms with E-state index in [1.165, 1.54) is 54.8 Å². The van der Waals surface area contributed by atoms with Gasteiger partial charge in [-0.05, 0) is 42.6 Å². The second-order valence-corrected chi connectivity index (χ2v) is 8.71. The molecule has 7 rings (SSSR count). The number of nitrogens with zero attached hydrogens (tertiary/aromatic N) is 1. The van der Waals surface area contributed by atoms with Crippen molar-refractivity contribution in [2.24, 2.45) is 4.90 Å². The molecule has 5 aromatic rings.